The molecule has 0 radical (unpaired) electrons. The number of nitrogens with zero attached hydrogens (tertiary/aromatic N) is 2. The number of benzene rings is 1. The Hall–Kier alpha value is -2.28. The van der Waals surface area contributed by atoms with Crippen molar-refractivity contribution in [3.05, 3.63) is 23.3 Å². The second-order valence-corrected chi connectivity index (χ2v) is 5.87. The first-order valence-corrected chi connectivity index (χ1v) is 7.84. The van der Waals surface area contributed by atoms with Crippen LogP contribution < -0.4 is 9.47 Å². The first kappa shape index (κ1) is 18.1. The fourth-order valence-electron chi connectivity index (χ4n) is 3.10. The van der Waals surface area contributed by atoms with Crippen LogP contribution in [0.2, 0.25) is 0 Å². The summed E-state index contributed by atoms with van der Waals surface area (Å²) in [5.41, 5.74) is 1.44. The molecule has 1 aromatic rings. The molecule has 7 heteroatoms. The first-order chi connectivity index (χ1) is 11.4. The van der Waals surface area contributed by atoms with Gasteiger partial charge >= 0.3 is 5.97 Å². The summed E-state index contributed by atoms with van der Waals surface area (Å²) in [5.74, 6) is 0.0280. The summed E-state index contributed by atoms with van der Waals surface area (Å²) in [6.45, 7) is 5.41. The minimum atomic E-state index is -0.966. The second-order valence-electron chi connectivity index (χ2n) is 5.87. The van der Waals surface area contributed by atoms with Gasteiger partial charge in [0.1, 0.15) is 17.5 Å². The van der Waals surface area contributed by atoms with Crippen LogP contribution in [0.4, 0.5) is 0 Å². The molecule has 0 unspecified atom stereocenters. The number of aliphatic carboxylic acids is 1. The number of carbonyl (C=O) groups excluding carboxylic acids is 1. The van der Waals surface area contributed by atoms with Crippen molar-refractivity contribution in [3.63, 3.8) is 0 Å². The zero-order valence-electron chi connectivity index (χ0n) is 14.5. The van der Waals surface area contributed by atoms with E-state index in [1.165, 1.54) is 21.1 Å². The quantitative estimate of drug-likeness (QED) is 0.873. The second kappa shape index (κ2) is 7.53. The van der Waals surface area contributed by atoms with Crippen LogP contribution in [0, 0.1) is 6.92 Å². The van der Waals surface area contributed by atoms with Crippen LogP contribution in [-0.2, 0) is 9.59 Å². The Morgan fingerprint density at radius 2 is 1.58 bits per heavy atom. The molecule has 2 rings (SSSR count). The molecular formula is C17H24N2O5. The average Bonchev–Trinajstić information content (AvgIpc) is 2.55. The fourth-order valence-corrected chi connectivity index (χ4v) is 3.10. The molecule has 0 saturated carbocycles. The van der Waals surface area contributed by atoms with Crippen LogP contribution in [0.25, 0.3) is 0 Å². The standard InChI is InChI=1S/C17H24N2O5/c1-11-9-13(23-3)15(14(10-11)24-4)16(17(21)22)19-7-5-18(6-8-19)12(2)20/h9-10,16H,5-8H2,1-4H3,(H,21,22)/t16-/m1/s1. The zero-order valence-corrected chi connectivity index (χ0v) is 14.5. The molecular weight excluding hydrogens is 312 g/mol. The van der Waals surface area contributed by atoms with E-state index in [0.717, 1.165) is 5.56 Å². The lowest BCUT2D eigenvalue weighted by molar-refractivity contribution is -0.145. The molecule has 0 aliphatic carbocycles. The van der Waals surface area contributed by atoms with Crippen molar-refractivity contribution in [2.75, 3.05) is 40.4 Å². The van der Waals surface area contributed by atoms with Crippen molar-refractivity contribution in [1.29, 1.82) is 0 Å². The van der Waals surface area contributed by atoms with Gasteiger partial charge in [-0.15, -0.1) is 0 Å². The molecule has 1 aliphatic rings. The molecule has 1 aliphatic heterocycles. The molecule has 0 spiro atoms. The van der Waals surface area contributed by atoms with E-state index in [9.17, 15) is 14.7 Å². The zero-order chi connectivity index (χ0) is 17.9. The van der Waals surface area contributed by atoms with Crippen LogP contribution >= 0.6 is 0 Å². The average molecular weight is 336 g/mol. The monoisotopic (exact) mass is 336 g/mol. The molecule has 1 fully saturated rings. The Kier molecular flexibility index (Phi) is 5.66. The molecule has 24 heavy (non-hydrogen) atoms. The van der Waals surface area contributed by atoms with Gasteiger partial charge < -0.3 is 19.5 Å². The highest BCUT2D eigenvalue weighted by Crippen LogP contribution is 2.38. The summed E-state index contributed by atoms with van der Waals surface area (Å²) in [6.07, 6.45) is 0. The maximum absolute atomic E-state index is 12.0. The Labute approximate surface area is 141 Å². The number of methoxy groups -OCH3 is 2. The lowest BCUT2D eigenvalue weighted by atomic mass is 9.99. The number of rotatable bonds is 5. The highest BCUT2D eigenvalue weighted by molar-refractivity contribution is 5.78. The number of hydrogen-bond donors (Lipinski definition) is 1. The van der Waals surface area contributed by atoms with Crippen molar-refractivity contribution in [2.24, 2.45) is 0 Å². The van der Waals surface area contributed by atoms with Gasteiger partial charge in [-0.05, 0) is 24.6 Å². The van der Waals surface area contributed by atoms with Gasteiger partial charge in [-0.3, -0.25) is 14.5 Å². The number of carboxylic acids is 1. The van der Waals surface area contributed by atoms with E-state index in [4.69, 9.17) is 9.47 Å². The summed E-state index contributed by atoms with van der Waals surface area (Å²) in [5, 5.41) is 9.83. The first-order valence-electron chi connectivity index (χ1n) is 7.84. The molecule has 7 nitrogen and oxygen atoms in total. The number of hydrogen-bond acceptors (Lipinski definition) is 5. The molecule has 1 saturated heterocycles. The van der Waals surface area contributed by atoms with Crippen LogP contribution in [0.15, 0.2) is 12.1 Å². The summed E-state index contributed by atoms with van der Waals surface area (Å²) < 4.78 is 10.8. The maximum atomic E-state index is 12.0. The number of carboxylic acid groups (broad SMARTS) is 1. The Morgan fingerprint density at radius 3 is 1.96 bits per heavy atom. The highest BCUT2D eigenvalue weighted by atomic mass is 16.5. The molecule has 1 aromatic carbocycles. The molecule has 0 aromatic heterocycles. The van der Waals surface area contributed by atoms with E-state index in [0.29, 0.717) is 43.2 Å². The molecule has 1 atom stereocenters. The molecule has 1 heterocycles. The van der Waals surface area contributed by atoms with Crippen LogP contribution in [-0.4, -0.2) is 67.2 Å². The number of amides is 1. The smallest absolute Gasteiger partial charge is 0.325 e. The largest absolute Gasteiger partial charge is 0.496 e. The summed E-state index contributed by atoms with van der Waals surface area (Å²) >= 11 is 0. The predicted octanol–water partition coefficient (Wildman–Crippen LogP) is 1.30. The molecule has 132 valence electrons. The predicted molar refractivity (Wildman–Crippen MR) is 88.5 cm³/mol. The fraction of sp³-hybridized carbons (Fsp3) is 0.529. The van der Waals surface area contributed by atoms with E-state index < -0.39 is 12.0 Å². The van der Waals surface area contributed by atoms with E-state index in [-0.39, 0.29) is 5.91 Å². The molecule has 1 amide bonds. The number of carbonyl (C=O) groups is 2. The Morgan fingerprint density at radius 1 is 1.08 bits per heavy atom. The van der Waals surface area contributed by atoms with Gasteiger partial charge in [-0.25, -0.2) is 0 Å². The van der Waals surface area contributed by atoms with Crippen molar-refractivity contribution >= 4 is 11.9 Å². The SMILES string of the molecule is COc1cc(C)cc(OC)c1[C@H](C(=O)O)N1CCN(C(C)=O)CC1. The van der Waals surface area contributed by atoms with E-state index >= 15 is 0 Å². The van der Waals surface area contributed by atoms with Crippen LogP contribution in [0.5, 0.6) is 11.5 Å². The van der Waals surface area contributed by atoms with Crippen molar-refractivity contribution in [2.45, 2.75) is 19.9 Å². The van der Waals surface area contributed by atoms with Gasteiger partial charge in [0.25, 0.3) is 0 Å². The van der Waals surface area contributed by atoms with Crippen molar-refractivity contribution in [1.82, 2.24) is 9.80 Å². The Bertz CT molecular complexity index is 598. The lowest BCUT2D eigenvalue weighted by Gasteiger charge is -2.38. The van der Waals surface area contributed by atoms with Crippen molar-refractivity contribution < 1.29 is 24.2 Å². The number of ether oxygens (including phenoxy) is 2. The van der Waals surface area contributed by atoms with Gasteiger partial charge in [0.2, 0.25) is 5.91 Å². The summed E-state index contributed by atoms with van der Waals surface area (Å²) in [4.78, 5) is 27.0. The lowest BCUT2D eigenvalue weighted by Crippen LogP contribution is -2.50. The van der Waals surface area contributed by atoms with Crippen LogP contribution in [0.3, 0.4) is 0 Å². The van der Waals surface area contributed by atoms with Gasteiger partial charge in [-0.1, -0.05) is 0 Å². The van der Waals surface area contributed by atoms with E-state index in [1.807, 2.05) is 11.8 Å². The summed E-state index contributed by atoms with van der Waals surface area (Å²) in [7, 11) is 3.04. The number of aryl methyl sites for hydroxylation is 1. The van der Waals surface area contributed by atoms with Gasteiger partial charge in [0, 0.05) is 33.1 Å². The minimum Gasteiger partial charge on any atom is -0.496 e. The highest BCUT2D eigenvalue weighted by Gasteiger charge is 2.35. The van der Waals surface area contributed by atoms with Crippen molar-refractivity contribution in [3.8, 4) is 11.5 Å². The normalized spacial score (nSPS) is 16.6. The minimum absolute atomic E-state index is 0.00650. The third-order valence-electron chi connectivity index (χ3n) is 4.32. The van der Waals surface area contributed by atoms with Gasteiger partial charge in [-0.2, -0.15) is 0 Å². The Balaban J connectivity index is 2.39. The van der Waals surface area contributed by atoms with Gasteiger partial charge in [0.05, 0.1) is 19.8 Å². The van der Waals surface area contributed by atoms with E-state index in [2.05, 4.69) is 0 Å². The van der Waals surface area contributed by atoms with Crippen LogP contribution in [0.1, 0.15) is 24.1 Å². The maximum Gasteiger partial charge on any atom is 0.325 e. The summed E-state index contributed by atoms with van der Waals surface area (Å²) in [6, 6.07) is 2.73. The number of piperazine rings is 1. The third-order valence-corrected chi connectivity index (χ3v) is 4.32. The molecule has 1 N–H and O–H groups in total. The van der Waals surface area contributed by atoms with Gasteiger partial charge in [0.15, 0.2) is 0 Å². The molecule has 0 bridgehead atoms. The van der Waals surface area contributed by atoms with E-state index in [1.54, 1.807) is 17.0 Å². The third kappa shape index (κ3) is 3.62. The topological polar surface area (TPSA) is 79.3 Å².